The predicted octanol–water partition coefficient (Wildman–Crippen LogP) is 4.78. The number of benzene rings is 3. The first kappa shape index (κ1) is 25.5. The third kappa shape index (κ3) is 5.40. The van der Waals surface area contributed by atoms with Crippen LogP contribution >= 0.6 is 11.6 Å². The van der Waals surface area contributed by atoms with Gasteiger partial charge in [-0.3, -0.25) is 4.79 Å². The fourth-order valence-corrected chi connectivity index (χ4v) is 5.08. The largest absolute Gasteiger partial charge is 0.508 e. The van der Waals surface area contributed by atoms with E-state index in [1.807, 2.05) is 39.8 Å². The normalized spacial score (nSPS) is 16.0. The maximum Gasteiger partial charge on any atom is 0.240 e. The number of amides is 1. The van der Waals surface area contributed by atoms with Crippen molar-refractivity contribution in [3.63, 3.8) is 0 Å². The van der Waals surface area contributed by atoms with E-state index in [2.05, 4.69) is 10.3 Å². The van der Waals surface area contributed by atoms with Crippen molar-refractivity contribution in [2.45, 2.75) is 31.6 Å². The first-order chi connectivity index (χ1) is 18.4. The number of halogens is 2. The second kappa shape index (κ2) is 11.1. The smallest absolute Gasteiger partial charge is 0.240 e. The first-order valence-electron chi connectivity index (χ1n) is 12.2. The highest BCUT2D eigenvalue weighted by atomic mass is 35.5. The van der Waals surface area contributed by atoms with Crippen LogP contribution in [0.15, 0.2) is 79.3 Å². The Balaban J connectivity index is 1.31. The fraction of sp³-hybridized carbons (Fsp3) is 0.207. The van der Waals surface area contributed by atoms with Crippen LogP contribution in [0.4, 0.5) is 4.39 Å². The standard InChI is InChI=1S/C29H25ClFN5O2/c30-23-5-1-3-20(12-23)28(21-4-2-6-25(37)13-21)36-10-9-27(29(36)38)34-16-24-15-33-18-35(24)17-19-7-8-22(14-32)26(31)11-19/h1-8,11-13,15,18,27-28,34,37H,9-10,16-17H2/t27-,28+/m0/s1. The number of hydrogen-bond donors (Lipinski definition) is 2. The van der Waals surface area contributed by atoms with Crippen molar-refractivity contribution in [1.82, 2.24) is 19.8 Å². The molecule has 0 bridgehead atoms. The molecular weight excluding hydrogens is 505 g/mol. The Bertz CT molecular complexity index is 1470. The molecule has 9 heteroatoms. The molecule has 4 aromatic rings. The zero-order valence-corrected chi connectivity index (χ0v) is 21.1. The van der Waals surface area contributed by atoms with Crippen LogP contribution in [0, 0.1) is 17.1 Å². The van der Waals surface area contributed by atoms with Gasteiger partial charge in [0.05, 0.1) is 29.7 Å². The van der Waals surface area contributed by atoms with Crippen LogP contribution in [0.25, 0.3) is 0 Å². The zero-order valence-electron chi connectivity index (χ0n) is 20.4. The molecule has 0 unspecified atom stereocenters. The van der Waals surface area contributed by atoms with Crippen molar-refractivity contribution in [2.75, 3.05) is 6.54 Å². The number of imidazole rings is 1. The number of phenols is 1. The molecule has 2 N–H and O–H groups in total. The predicted molar refractivity (Wildman–Crippen MR) is 141 cm³/mol. The number of hydrogen-bond acceptors (Lipinski definition) is 5. The molecular formula is C29H25ClFN5O2. The van der Waals surface area contributed by atoms with Crippen LogP contribution < -0.4 is 5.32 Å². The first-order valence-corrected chi connectivity index (χ1v) is 12.6. The molecule has 0 radical (unpaired) electrons. The molecule has 0 saturated carbocycles. The molecule has 0 aliphatic carbocycles. The number of nitrogens with one attached hydrogen (secondary N) is 1. The summed E-state index contributed by atoms with van der Waals surface area (Å²) in [4.78, 5) is 19.6. The Morgan fingerprint density at radius 3 is 2.68 bits per heavy atom. The maximum atomic E-state index is 14.0. The highest BCUT2D eigenvalue weighted by molar-refractivity contribution is 6.30. The van der Waals surface area contributed by atoms with Crippen molar-refractivity contribution in [1.29, 1.82) is 5.26 Å². The van der Waals surface area contributed by atoms with Crippen molar-refractivity contribution in [3.8, 4) is 11.8 Å². The average Bonchev–Trinajstić information content (AvgIpc) is 3.49. The van der Waals surface area contributed by atoms with Gasteiger partial charge >= 0.3 is 0 Å². The quantitative estimate of drug-likeness (QED) is 0.342. The Labute approximate surface area is 224 Å². The Morgan fingerprint density at radius 1 is 1.16 bits per heavy atom. The zero-order chi connectivity index (χ0) is 26.6. The lowest BCUT2D eigenvalue weighted by molar-refractivity contribution is -0.130. The lowest BCUT2D eigenvalue weighted by Gasteiger charge is -2.29. The van der Waals surface area contributed by atoms with E-state index in [0.29, 0.717) is 36.6 Å². The van der Waals surface area contributed by atoms with E-state index in [1.165, 1.54) is 12.1 Å². The van der Waals surface area contributed by atoms with Crippen LogP contribution in [0.2, 0.25) is 5.02 Å². The number of nitrogens with zero attached hydrogens (tertiary/aromatic N) is 4. The molecule has 7 nitrogen and oxygen atoms in total. The molecule has 1 fully saturated rings. The molecule has 1 aliphatic rings. The minimum absolute atomic E-state index is 0.00682. The van der Waals surface area contributed by atoms with Crippen LogP contribution in [-0.4, -0.2) is 38.1 Å². The lowest BCUT2D eigenvalue weighted by atomic mass is 9.97. The van der Waals surface area contributed by atoms with E-state index in [9.17, 15) is 14.3 Å². The van der Waals surface area contributed by atoms with Crippen LogP contribution in [0.5, 0.6) is 5.75 Å². The van der Waals surface area contributed by atoms with Crippen molar-refractivity contribution < 1.29 is 14.3 Å². The van der Waals surface area contributed by atoms with Gasteiger partial charge in [-0.15, -0.1) is 0 Å². The van der Waals surface area contributed by atoms with Gasteiger partial charge < -0.3 is 19.9 Å². The second-order valence-electron chi connectivity index (χ2n) is 9.25. The summed E-state index contributed by atoms with van der Waals surface area (Å²) in [5, 5.41) is 23.0. The number of phenolic OH excluding ortho intramolecular Hbond substituents is 1. The number of aromatic nitrogens is 2. The van der Waals surface area contributed by atoms with Gasteiger partial charge in [-0.1, -0.05) is 41.9 Å². The SMILES string of the molecule is N#Cc1ccc(Cn2cncc2CN[C@H]2CCN([C@@H](c3cccc(O)c3)c3cccc(Cl)c3)C2=O)cc1F. The topological polar surface area (TPSA) is 94.2 Å². The molecule has 1 saturated heterocycles. The number of rotatable bonds is 8. The number of carbonyl (C=O) groups is 1. The maximum absolute atomic E-state index is 14.0. The van der Waals surface area contributed by atoms with Gasteiger partial charge in [0.25, 0.3) is 0 Å². The summed E-state index contributed by atoms with van der Waals surface area (Å²) in [5.74, 6) is -0.466. The molecule has 1 amide bonds. The summed E-state index contributed by atoms with van der Waals surface area (Å²) in [6, 6.07) is 19.9. The number of likely N-dealkylation sites (tertiary alicyclic amines) is 1. The minimum Gasteiger partial charge on any atom is -0.508 e. The monoisotopic (exact) mass is 529 g/mol. The summed E-state index contributed by atoms with van der Waals surface area (Å²) >= 11 is 6.27. The molecule has 3 aromatic carbocycles. The van der Waals surface area contributed by atoms with E-state index < -0.39 is 17.9 Å². The van der Waals surface area contributed by atoms with Gasteiger partial charge in [-0.25, -0.2) is 9.37 Å². The summed E-state index contributed by atoms with van der Waals surface area (Å²) in [6.07, 6.45) is 3.99. The number of carbonyl (C=O) groups excluding carboxylic acids is 1. The summed E-state index contributed by atoms with van der Waals surface area (Å²) < 4.78 is 15.9. The number of aromatic hydroxyl groups is 1. The van der Waals surface area contributed by atoms with Gasteiger partial charge in [0.2, 0.25) is 5.91 Å². The molecule has 5 rings (SSSR count). The van der Waals surface area contributed by atoms with Crippen LogP contribution in [0.1, 0.15) is 40.4 Å². The average molecular weight is 530 g/mol. The minimum atomic E-state index is -0.553. The summed E-state index contributed by atoms with van der Waals surface area (Å²) in [6.45, 7) is 1.32. The van der Waals surface area contributed by atoms with Gasteiger partial charge in [0.15, 0.2) is 0 Å². The van der Waals surface area contributed by atoms with Crippen molar-refractivity contribution in [3.05, 3.63) is 118 Å². The van der Waals surface area contributed by atoms with Crippen LogP contribution in [0.3, 0.4) is 0 Å². The van der Waals surface area contributed by atoms with Gasteiger partial charge in [0, 0.05) is 30.9 Å². The van der Waals surface area contributed by atoms with Gasteiger partial charge in [-0.05, 0) is 59.5 Å². The van der Waals surface area contributed by atoms with E-state index in [-0.39, 0.29) is 17.2 Å². The van der Waals surface area contributed by atoms with Crippen molar-refractivity contribution in [2.24, 2.45) is 0 Å². The highest BCUT2D eigenvalue weighted by Gasteiger charge is 2.37. The van der Waals surface area contributed by atoms with Crippen molar-refractivity contribution >= 4 is 17.5 Å². The van der Waals surface area contributed by atoms with E-state index in [4.69, 9.17) is 16.9 Å². The number of nitriles is 1. The third-order valence-corrected chi connectivity index (χ3v) is 6.97. The van der Waals surface area contributed by atoms with E-state index >= 15 is 0 Å². The summed E-state index contributed by atoms with van der Waals surface area (Å²) in [5.41, 5.74) is 3.23. The molecule has 1 aromatic heterocycles. The Kier molecular flexibility index (Phi) is 7.40. The third-order valence-electron chi connectivity index (χ3n) is 6.74. The second-order valence-corrected chi connectivity index (χ2v) is 9.68. The van der Waals surface area contributed by atoms with E-state index in [1.54, 1.807) is 42.9 Å². The lowest BCUT2D eigenvalue weighted by Crippen LogP contribution is -2.40. The molecule has 2 heterocycles. The van der Waals surface area contributed by atoms with Crippen LogP contribution in [-0.2, 0) is 17.9 Å². The van der Waals surface area contributed by atoms with Gasteiger partial charge in [0.1, 0.15) is 17.6 Å². The molecule has 38 heavy (non-hydrogen) atoms. The summed E-state index contributed by atoms with van der Waals surface area (Å²) in [7, 11) is 0. The van der Waals surface area contributed by atoms with Gasteiger partial charge in [-0.2, -0.15) is 5.26 Å². The molecule has 0 spiro atoms. The Morgan fingerprint density at radius 2 is 1.95 bits per heavy atom. The highest BCUT2D eigenvalue weighted by Crippen LogP contribution is 2.34. The molecule has 2 atom stereocenters. The molecule has 1 aliphatic heterocycles. The fourth-order valence-electron chi connectivity index (χ4n) is 4.88. The van der Waals surface area contributed by atoms with E-state index in [0.717, 1.165) is 16.8 Å². The Hall–Kier alpha value is -4.19. The molecule has 192 valence electrons.